The number of carbonyl (C=O) groups is 2. The van der Waals surface area contributed by atoms with Gasteiger partial charge in [-0.2, -0.15) is 0 Å². The molecule has 0 radical (unpaired) electrons. The monoisotopic (exact) mass is 468 g/mol. The van der Waals surface area contributed by atoms with Crippen LogP contribution in [0.25, 0.3) is 0 Å². The number of ether oxygens (including phenoxy) is 2. The number of hydrogen-bond acceptors (Lipinski definition) is 8. The molecule has 180 valence electrons. The molecule has 0 spiro atoms. The van der Waals surface area contributed by atoms with Gasteiger partial charge < -0.3 is 19.9 Å². The standard InChI is InChI=1S/C25H28N2O7/c1-4-33-23(28)21-19(26-17-11-7-6-8-12-17)15-25(3,30)22(24(29)34-5-2)20(21)16-10-9-13-18(14-16)27(31)32/h6-14,20,22,26,30H,4-5,15H2,1-3H3/t20-,22+,25-/m1/s1. The van der Waals surface area contributed by atoms with Crippen molar-refractivity contribution in [1.29, 1.82) is 0 Å². The quantitative estimate of drug-likeness (QED) is 0.339. The molecule has 0 aromatic heterocycles. The third kappa shape index (κ3) is 5.26. The number of anilines is 1. The lowest BCUT2D eigenvalue weighted by Gasteiger charge is -2.43. The van der Waals surface area contributed by atoms with Gasteiger partial charge in [-0.05, 0) is 38.5 Å². The molecule has 2 N–H and O–H groups in total. The highest BCUT2D eigenvalue weighted by molar-refractivity contribution is 5.94. The van der Waals surface area contributed by atoms with E-state index in [-0.39, 0.29) is 30.9 Å². The Kier molecular flexibility index (Phi) is 7.68. The summed E-state index contributed by atoms with van der Waals surface area (Å²) >= 11 is 0. The van der Waals surface area contributed by atoms with Crippen molar-refractivity contribution in [2.24, 2.45) is 5.92 Å². The van der Waals surface area contributed by atoms with Gasteiger partial charge in [0.1, 0.15) is 0 Å². The second-order valence-corrected chi connectivity index (χ2v) is 8.20. The summed E-state index contributed by atoms with van der Waals surface area (Å²) in [5.74, 6) is -3.63. The molecule has 3 atom stereocenters. The zero-order valence-corrected chi connectivity index (χ0v) is 19.3. The van der Waals surface area contributed by atoms with Crippen molar-refractivity contribution in [1.82, 2.24) is 0 Å². The van der Waals surface area contributed by atoms with E-state index in [1.165, 1.54) is 25.1 Å². The van der Waals surface area contributed by atoms with Crippen molar-refractivity contribution in [3.8, 4) is 0 Å². The fourth-order valence-electron chi connectivity index (χ4n) is 4.36. The summed E-state index contributed by atoms with van der Waals surface area (Å²) in [4.78, 5) is 37.2. The Labute approximate surface area is 197 Å². The summed E-state index contributed by atoms with van der Waals surface area (Å²) in [7, 11) is 0. The Hall–Kier alpha value is -3.72. The van der Waals surface area contributed by atoms with Crippen molar-refractivity contribution >= 4 is 23.3 Å². The first-order chi connectivity index (χ1) is 16.2. The number of nitro benzene ring substituents is 1. The molecule has 1 aliphatic rings. The van der Waals surface area contributed by atoms with E-state index in [4.69, 9.17) is 9.47 Å². The summed E-state index contributed by atoms with van der Waals surface area (Å²) in [6, 6.07) is 14.7. The predicted molar refractivity (Wildman–Crippen MR) is 125 cm³/mol. The van der Waals surface area contributed by atoms with Crippen molar-refractivity contribution in [2.75, 3.05) is 18.5 Å². The lowest BCUT2D eigenvalue weighted by molar-refractivity contribution is -0.384. The van der Waals surface area contributed by atoms with E-state index in [9.17, 15) is 24.8 Å². The number of hydrogen-bond donors (Lipinski definition) is 2. The minimum Gasteiger partial charge on any atom is -0.466 e. The summed E-state index contributed by atoms with van der Waals surface area (Å²) in [5.41, 5.74) is -0.354. The molecule has 0 saturated carbocycles. The number of esters is 2. The highest BCUT2D eigenvalue weighted by Gasteiger charge is 2.52. The Bertz CT molecular complexity index is 1100. The molecule has 0 saturated heterocycles. The maximum absolute atomic E-state index is 13.3. The Morgan fingerprint density at radius 2 is 1.79 bits per heavy atom. The van der Waals surface area contributed by atoms with Gasteiger partial charge in [-0.1, -0.05) is 30.3 Å². The number of nitro groups is 1. The first kappa shape index (κ1) is 24.9. The van der Waals surface area contributed by atoms with Crippen LogP contribution < -0.4 is 5.32 Å². The molecule has 3 rings (SSSR count). The van der Waals surface area contributed by atoms with Gasteiger partial charge in [0.05, 0.1) is 35.2 Å². The second-order valence-electron chi connectivity index (χ2n) is 8.20. The minimum atomic E-state index is -1.63. The number of carbonyl (C=O) groups excluding carboxylic acids is 2. The van der Waals surface area contributed by atoms with Crippen molar-refractivity contribution in [3.05, 3.63) is 81.5 Å². The van der Waals surface area contributed by atoms with Gasteiger partial charge in [0.15, 0.2) is 0 Å². The number of non-ortho nitro benzene ring substituents is 1. The summed E-state index contributed by atoms with van der Waals surface area (Å²) in [5, 5.41) is 26.1. The summed E-state index contributed by atoms with van der Waals surface area (Å²) in [6.07, 6.45) is -0.0645. The van der Waals surface area contributed by atoms with Crippen LogP contribution >= 0.6 is 0 Å². The molecule has 2 aromatic carbocycles. The predicted octanol–water partition coefficient (Wildman–Crippen LogP) is 3.94. The number of para-hydroxylation sites is 1. The van der Waals surface area contributed by atoms with Gasteiger partial charge in [-0.3, -0.25) is 14.9 Å². The van der Waals surface area contributed by atoms with Crippen LogP contribution in [0.1, 0.15) is 38.7 Å². The second kappa shape index (κ2) is 10.5. The van der Waals surface area contributed by atoms with Gasteiger partial charge in [0.25, 0.3) is 5.69 Å². The van der Waals surface area contributed by atoms with Gasteiger partial charge in [0.2, 0.25) is 0 Å². The molecular formula is C25H28N2O7. The molecule has 9 heteroatoms. The van der Waals surface area contributed by atoms with E-state index >= 15 is 0 Å². The molecule has 9 nitrogen and oxygen atoms in total. The molecule has 0 bridgehead atoms. The molecular weight excluding hydrogens is 440 g/mol. The van der Waals surface area contributed by atoms with Crippen molar-refractivity contribution < 1.29 is 29.1 Å². The van der Waals surface area contributed by atoms with Crippen LogP contribution in [-0.4, -0.2) is 40.8 Å². The van der Waals surface area contributed by atoms with Crippen LogP contribution in [-0.2, 0) is 19.1 Å². The number of benzene rings is 2. The maximum Gasteiger partial charge on any atom is 0.336 e. The van der Waals surface area contributed by atoms with Crippen LogP contribution in [0.3, 0.4) is 0 Å². The molecule has 0 aliphatic heterocycles. The fraction of sp³-hybridized carbons (Fsp3) is 0.360. The van der Waals surface area contributed by atoms with Gasteiger partial charge >= 0.3 is 11.9 Å². The molecule has 2 aromatic rings. The summed E-state index contributed by atoms with van der Waals surface area (Å²) in [6.45, 7) is 4.95. The molecule has 0 amide bonds. The first-order valence-corrected chi connectivity index (χ1v) is 11.0. The number of rotatable bonds is 8. The Balaban J connectivity index is 2.28. The SMILES string of the molecule is CCOC(=O)C1=C(Nc2ccccc2)C[C@@](C)(O)[C@H](C(=O)OCC)[C@@H]1c1cccc([N+](=O)[O-])c1. The van der Waals surface area contributed by atoms with E-state index in [2.05, 4.69) is 5.32 Å². The highest BCUT2D eigenvalue weighted by Crippen LogP contribution is 2.48. The van der Waals surface area contributed by atoms with E-state index in [1.54, 1.807) is 32.0 Å². The van der Waals surface area contributed by atoms with Crippen molar-refractivity contribution in [2.45, 2.75) is 38.7 Å². The van der Waals surface area contributed by atoms with Gasteiger partial charge in [-0.15, -0.1) is 0 Å². The van der Waals surface area contributed by atoms with E-state index < -0.39 is 34.3 Å². The largest absolute Gasteiger partial charge is 0.466 e. The van der Waals surface area contributed by atoms with Gasteiger partial charge in [0, 0.05) is 35.9 Å². The third-order valence-corrected chi connectivity index (χ3v) is 5.72. The number of nitrogens with zero attached hydrogens (tertiary/aromatic N) is 1. The van der Waals surface area contributed by atoms with Crippen LogP contribution in [0.4, 0.5) is 11.4 Å². The number of aliphatic hydroxyl groups is 1. The molecule has 1 aliphatic carbocycles. The molecule has 0 fully saturated rings. The van der Waals surface area contributed by atoms with Gasteiger partial charge in [-0.25, -0.2) is 4.79 Å². The van der Waals surface area contributed by atoms with Crippen LogP contribution in [0.2, 0.25) is 0 Å². The lowest BCUT2D eigenvalue weighted by Crippen LogP contribution is -2.49. The molecule has 34 heavy (non-hydrogen) atoms. The highest BCUT2D eigenvalue weighted by atomic mass is 16.6. The fourth-order valence-corrected chi connectivity index (χ4v) is 4.36. The normalized spacial score (nSPS) is 22.1. The third-order valence-electron chi connectivity index (χ3n) is 5.72. The minimum absolute atomic E-state index is 0.0645. The van der Waals surface area contributed by atoms with Crippen LogP contribution in [0.15, 0.2) is 65.9 Å². The van der Waals surface area contributed by atoms with Crippen LogP contribution in [0, 0.1) is 16.0 Å². The smallest absolute Gasteiger partial charge is 0.336 e. The van der Waals surface area contributed by atoms with E-state index in [0.717, 1.165) is 0 Å². The summed E-state index contributed by atoms with van der Waals surface area (Å²) < 4.78 is 10.6. The Morgan fingerprint density at radius 3 is 2.41 bits per heavy atom. The van der Waals surface area contributed by atoms with Crippen molar-refractivity contribution in [3.63, 3.8) is 0 Å². The van der Waals surface area contributed by atoms with E-state index in [1.807, 2.05) is 18.2 Å². The average molecular weight is 469 g/mol. The lowest BCUT2D eigenvalue weighted by atomic mass is 9.65. The van der Waals surface area contributed by atoms with E-state index in [0.29, 0.717) is 16.9 Å². The zero-order valence-electron chi connectivity index (χ0n) is 19.3. The van der Waals surface area contributed by atoms with Crippen LogP contribution in [0.5, 0.6) is 0 Å². The Morgan fingerprint density at radius 1 is 1.12 bits per heavy atom. The number of nitrogens with one attached hydrogen (secondary N) is 1. The topological polar surface area (TPSA) is 128 Å². The first-order valence-electron chi connectivity index (χ1n) is 11.0. The zero-order chi connectivity index (χ0) is 24.9. The average Bonchev–Trinajstić information content (AvgIpc) is 2.79. The molecule has 0 unspecified atom stereocenters. The maximum atomic E-state index is 13.3. The molecule has 0 heterocycles.